The first-order valence-electron chi connectivity index (χ1n) is 7.90. The average Bonchev–Trinajstić information content (AvgIpc) is 3.16. The molecule has 0 aliphatic heterocycles. The maximum absolute atomic E-state index is 13.0. The van der Waals surface area contributed by atoms with E-state index >= 15 is 0 Å². The van der Waals surface area contributed by atoms with Crippen molar-refractivity contribution in [1.29, 1.82) is 0 Å². The first kappa shape index (κ1) is 14.8. The second-order valence-corrected chi connectivity index (χ2v) is 6.57. The standard InChI is InChI=1S/C20H16N2OS/c23-20-16-9-4-5-10-17(16)21-19(18-11-6-14-24-18)22(20)13-12-15-7-2-1-3-8-15/h1-11,14H,12-13H2. The molecule has 2 aromatic carbocycles. The highest BCUT2D eigenvalue weighted by atomic mass is 32.1. The number of rotatable bonds is 4. The van der Waals surface area contributed by atoms with Crippen LogP contribution in [0, 0.1) is 0 Å². The number of nitrogens with zero attached hydrogens (tertiary/aromatic N) is 2. The van der Waals surface area contributed by atoms with Crippen molar-refractivity contribution in [1.82, 2.24) is 9.55 Å². The number of benzene rings is 2. The Labute approximate surface area is 143 Å². The molecular weight excluding hydrogens is 316 g/mol. The van der Waals surface area contributed by atoms with Crippen LogP contribution in [0.15, 0.2) is 76.9 Å². The van der Waals surface area contributed by atoms with Crippen LogP contribution in [-0.2, 0) is 13.0 Å². The summed E-state index contributed by atoms with van der Waals surface area (Å²) in [7, 11) is 0. The molecule has 0 radical (unpaired) electrons. The highest BCUT2D eigenvalue weighted by molar-refractivity contribution is 7.13. The van der Waals surface area contributed by atoms with Crippen LogP contribution in [0.25, 0.3) is 21.6 Å². The minimum absolute atomic E-state index is 0.0277. The van der Waals surface area contributed by atoms with Crippen LogP contribution in [0.3, 0.4) is 0 Å². The monoisotopic (exact) mass is 332 g/mol. The molecule has 0 unspecified atom stereocenters. The Morgan fingerprint density at radius 3 is 2.50 bits per heavy atom. The van der Waals surface area contributed by atoms with Gasteiger partial charge in [0, 0.05) is 6.54 Å². The molecule has 3 nitrogen and oxygen atoms in total. The van der Waals surface area contributed by atoms with Gasteiger partial charge in [-0.05, 0) is 35.6 Å². The van der Waals surface area contributed by atoms with Crippen LogP contribution in [0.5, 0.6) is 0 Å². The normalized spacial score (nSPS) is 11.0. The Morgan fingerprint density at radius 2 is 1.71 bits per heavy atom. The second kappa shape index (κ2) is 6.42. The third-order valence-electron chi connectivity index (χ3n) is 4.07. The molecule has 4 rings (SSSR count). The fraction of sp³-hybridized carbons (Fsp3) is 0.100. The zero-order valence-electron chi connectivity index (χ0n) is 13.1. The topological polar surface area (TPSA) is 34.9 Å². The quantitative estimate of drug-likeness (QED) is 0.556. The van der Waals surface area contributed by atoms with Crippen molar-refractivity contribution in [2.75, 3.05) is 0 Å². The molecular formula is C20H16N2OS. The van der Waals surface area contributed by atoms with E-state index in [1.807, 2.05) is 60.0 Å². The summed E-state index contributed by atoms with van der Waals surface area (Å²) >= 11 is 1.61. The van der Waals surface area contributed by atoms with Crippen molar-refractivity contribution in [3.8, 4) is 10.7 Å². The molecule has 0 spiro atoms. The van der Waals surface area contributed by atoms with Gasteiger partial charge in [0.25, 0.3) is 5.56 Å². The Morgan fingerprint density at radius 1 is 0.917 bits per heavy atom. The molecule has 0 saturated heterocycles. The Bertz CT molecular complexity index is 1020. The maximum atomic E-state index is 13.0. The van der Waals surface area contributed by atoms with Gasteiger partial charge in [-0.3, -0.25) is 9.36 Å². The zero-order chi connectivity index (χ0) is 16.4. The van der Waals surface area contributed by atoms with Crippen molar-refractivity contribution < 1.29 is 0 Å². The van der Waals surface area contributed by atoms with Crippen LogP contribution < -0.4 is 5.56 Å². The van der Waals surface area contributed by atoms with Crippen LogP contribution in [-0.4, -0.2) is 9.55 Å². The highest BCUT2D eigenvalue weighted by Gasteiger charge is 2.13. The van der Waals surface area contributed by atoms with Gasteiger partial charge in [-0.1, -0.05) is 48.5 Å². The lowest BCUT2D eigenvalue weighted by Crippen LogP contribution is -2.24. The van der Waals surface area contributed by atoms with Gasteiger partial charge in [0.1, 0.15) is 0 Å². The first-order chi connectivity index (χ1) is 11.8. The highest BCUT2D eigenvalue weighted by Crippen LogP contribution is 2.23. The van der Waals surface area contributed by atoms with Gasteiger partial charge < -0.3 is 0 Å². The fourth-order valence-corrected chi connectivity index (χ4v) is 3.58. The molecule has 4 heteroatoms. The average molecular weight is 332 g/mol. The van der Waals surface area contributed by atoms with E-state index in [1.54, 1.807) is 15.9 Å². The fourth-order valence-electron chi connectivity index (χ4n) is 2.85. The van der Waals surface area contributed by atoms with E-state index < -0.39 is 0 Å². The summed E-state index contributed by atoms with van der Waals surface area (Å²) in [4.78, 5) is 18.8. The molecule has 0 bridgehead atoms. The van der Waals surface area contributed by atoms with Gasteiger partial charge in [-0.15, -0.1) is 11.3 Å². The van der Waals surface area contributed by atoms with Crippen molar-refractivity contribution in [2.24, 2.45) is 0 Å². The van der Waals surface area contributed by atoms with E-state index in [4.69, 9.17) is 4.98 Å². The summed E-state index contributed by atoms with van der Waals surface area (Å²) in [5.74, 6) is 0.754. The lowest BCUT2D eigenvalue weighted by Gasteiger charge is -2.12. The van der Waals surface area contributed by atoms with E-state index in [2.05, 4.69) is 12.1 Å². The van der Waals surface area contributed by atoms with Gasteiger partial charge in [0.2, 0.25) is 0 Å². The SMILES string of the molecule is O=c1c2ccccc2nc(-c2cccs2)n1CCc1ccccc1. The van der Waals surface area contributed by atoms with E-state index in [1.165, 1.54) is 5.56 Å². The summed E-state index contributed by atoms with van der Waals surface area (Å²) in [5.41, 5.74) is 2.00. The summed E-state index contributed by atoms with van der Waals surface area (Å²) in [6, 6.07) is 21.8. The Kier molecular flexibility index (Phi) is 3.97. The number of fused-ring (bicyclic) bond motifs is 1. The van der Waals surface area contributed by atoms with E-state index in [0.717, 1.165) is 22.6 Å². The number of aromatic nitrogens is 2. The minimum atomic E-state index is 0.0277. The molecule has 0 saturated carbocycles. The predicted molar refractivity (Wildman–Crippen MR) is 99.5 cm³/mol. The summed E-state index contributed by atoms with van der Waals surface area (Å²) < 4.78 is 1.81. The van der Waals surface area contributed by atoms with Crippen molar-refractivity contribution in [2.45, 2.75) is 13.0 Å². The molecule has 0 atom stereocenters. The van der Waals surface area contributed by atoms with Crippen LogP contribution >= 0.6 is 11.3 Å². The third kappa shape index (κ3) is 2.76. The van der Waals surface area contributed by atoms with E-state index in [9.17, 15) is 4.79 Å². The van der Waals surface area contributed by atoms with Gasteiger partial charge >= 0.3 is 0 Å². The van der Waals surface area contributed by atoms with Crippen molar-refractivity contribution in [3.05, 3.63) is 88.0 Å². The molecule has 2 heterocycles. The zero-order valence-corrected chi connectivity index (χ0v) is 13.9. The summed E-state index contributed by atoms with van der Waals surface area (Å²) in [6.07, 6.45) is 0.805. The number of thiophene rings is 1. The van der Waals surface area contributed by atoms with Crippen LogP contribution in [0.2, 0.25) is 0 Å². The molecule has 0 amide bonds. The lowest BCUT2D eigenvalue weighted by atomic mass is 10.1. The molecule has 24 heavy (non-hydrogen) atoms. The third-order valence-corrected chi connectivity index (χ3v) is 4.94. The molecule has 0 fully saturated rings. The van der Waals surface area contributed by atoms with Crippen LogP contribution in [0.1, 0.15) is 5.56 Å². The number of hydrogen-bond acceptors (Lipinski definition) is 3. The van der Waals surface area contributed by atoms with Crippen molar-refractivity contribution >= 4 is 22.2 Å². The molecule has 4 aromatic rings. The number of aryl methyl sites for hydroxylation is 1. The second-order valence-electron chi connectivity index (χ2n) is 5.62. The Balaban J connectivity index is 1.84. The van der Waals surface area contributed by atoms with Crippen LogP contribution in [0.4, 0.5) is 0 Å². The largest absolute Gasteiger partial charge is 0.291 e. The summed E-state index contributed by atoms with van der Waals surface area (Å²) in [6.45, 7) is 0.619. The molecule has 118 valence electrons. The number of hydrogen-bond donors (Lipinski definition) is 0. The molecule has 0 aliphatic carbocycles. The molecule has 0 N–H and O–H groups in total. The molecule has 2 aromatic heterocycles. The van der Waals surface area contributed by atoms with Gasteiger partial charge in [0.15, 0.2) is 5.82 Å². The van der Waals surface area contributed by atoms with Gasteiger partial charge in [-0.2, -0.15) is 0 Å². The van der Waals surface area contributed by atoms with Crippen molar-refractivity contribution in [3.63, 3.8) is 0 Å². The predicted octanol–water partition coefficient (Wildman–Crippen LogP) is 4.37. The number of para-hydroxylation sites is 1. The molecule has 0 aliphatic rings. The van der Waals surface area contributed by atoms with Gasteiger partial charge in [0.05, 0.1) is 15.8 Å². The maximum Gasteiger partial charge on any atom is 0.261 e. The minimum Gasteiger partial charge on any atom is -0.291 e. The van der Waals surface area contributed by atoms with E-state index in [0.29, 0.717) is 11.9 Å². The van der Waals surface area contributed by atoms with Gasteiger partial charge in [-0.25, -0.2) is 4.98 Å². The first-order valence-corrected chi connectivity index (χ1v) is 8.78. The van der Waals surface area contributed by atoms with E-state index in [-0.39, 0.29) is 5.56 Å². The summed E-state index contributed by atoms with van der Waals surface area (Å²) in [5, 5.41) is 2.68. The smallest absolute Gasteiger partial charge is 0.261 e. The lowest BCUT2D eigenvalue weighted by molar-refractivity contribution is 0.672. The Hall–Kier alpha value is -2.72.